The Morgan fingerprint density at radius 3 is 2.74 bits per heavy atom. The summed E-state index contributed by atoms with van der Waals surface area (Å²) in [6, 6.07) is 7.46. The van der Waals surface area contributed by atoms with Crippen molar-refractivity contribution in [2.45, 2.75) is 6.54 Å². The fourth-order valence-electron chi connectivity index (χ4n) is 2.06. The van der Waals surface area contributed by atoms with Crippen LogP contribution in [-0.4, -0.2) is 30.5 Å². The summed E-state index contributed by atoms with van der Waals surface area (Å²) in [5, 5.41) is 11.6. The third-order valence-corrected chi connectivity index (χ3v) is 3.81. The number of rotatable bonds is 4. The highest BCUT2D eigenvalue weighted by molar-refractivity contribution is 6.34. The molecule has 23 heavy (non-hydrogen) atoms. The lowest BCUT2D eigenvalue weighted by atomic mass is 10.2. The Kier molecular flexibility index (Phi) is 4.31. The van der Waals surface area contributed by atoms with Crippen LogP contribution in [0.2, 0.25) is 10.0 Å². The molecule has 0 fully saturated rings. The molecule has 0 radical (unpaired) electrons. The zero-order chi connectivity index (χ0) is 16.4. The molecule has 0 saturated heterocycles. The zero-order valence-corrected chi connectivity index (χ0v) is 13.6. The smallest absolute Gasteiger partial charge is 0.277 e. The molecule has 0 aliphatic carbocycles. The molecule has 0 bridgehead atoms. The maximum atomic E-state index is 12.2. The molecule has 1 N–H and O–H groups in total. The van der Waals surface area contributed by atoms with Gasteiger partial charge < -0.3 is 0 Å². The average Bonchev–Trinajstić information content (AvgIpc) is 3.08. The van der Waals surface area contributed by atoms with E-state index in [0.717, 1.165) is 5.56 Å². The molecule has 0 unspecified atom stereocenters. The second kappa shape index (κ2) is 6.39. The first-order valence-electron chi connectivity index (χ1n) is 6.66. The van der Waals surface area contributed by atoms with Crippen LogP contribution in [0.5, 0.6) is 0 Å². The average molecular weight is 351 g/mol. The number of anilines is 1. The number of aryl methyl sites for hydroxylation is 1. The number of carbonyl (C=O) groups excluding carboxylic acids is 1. The Labute approximate surface area is 141 Å². The number of nitrogens with zero attached hydrogens (tertiary/aromatic N) is 5. The van der Waals surface area contributed by atoms with Gasteiger partial charge in [-0.25, -0.2) is 9.67 Å². The molecule has 2 heterocycles. The number of hydrogen-bond acceptors (Lipinski definition) is 4. The maximum Gasteiger partial charge on any atom is 0.277 e. The molecule has 3 rings (SSSR count). The lowest BCUT2D eigenvalue weighted by Gasteiger charge is -2.04. The first-order chi connectivity index (χ1) is 11.0. The molecule has 2 aromatic heterocycles. The number of benzene rings is 1. The van der Waals surface area contributed by atoms with Gasteiger partial charge in [-0.05, 0) is 11.6 Å². The van der Waals surface area contributed by atoms with Crippen molar-refractivity contribution in [2.24, 2.45) is 7.05 Å². The van der Waals surface area contributed by atoms with Crippen LogP contribution in [0.1, 0.15) is 16.1 Å². The molecular weight excluding hydrogens is 339 g/mol. The number of aromatic nitrogens is 5. The van der Waals surface area contributed by atoms with Gasteiger partial charge in [-0.15, -0.1) is 5.10 Å². The minimum atomic E-state index is -0.425. The zero-order valence-electron chi connectivity index (χ0n) is 12.1. The summed E-state index contributed by atoms with van der Waals surface area (Å²) in [7, 11) is 1.63. The standard InChI is InChI=1S/C14H12Cl2N6O/c1-21-12(11(16)6-18-21)13(23)19-14-17-8-22(20-14)7-9-4-2-3-5-10(9)15/h2-6,8H,7H2,1H3,(H,19,20,23). The van der Waals surface area contributed by atoms with Crippen LogP contribution in [0, 0.1) is 0 Å². The molecule has 0 aliphatic rings. The van der Waals surface area contributed by atoms with Crippen molar-refractivity contribution in [1.82, 2.24) is 24.5 Å². The normalized spacial score (nSPS) is 10.7. The van der Waals surface area contributed by atoms with Crippen LogP contribution in [0.25, 0.3) is 0 Å². The highest BCUT2D eigenvalue weighted by atomic mass is 35.5. The highest BCUT2D eigenvalue weighted by Gasteiger charge is 2.17. The van der Waals surface area contributed by atoms with Gasteiger partial charge in [-0.3, -0.25) is 14.8 Å². The molecule has 3 aromatic rings. The lowest BCUT2D eigenvalue weighted by molar-refractivity contribution is 0.101. The number of nitrogens with one attached hydrogen (secondary N) is 1. The van der Waals surface area contributed by atoms with Crippen molar-refractivity contribution in [1.29, 1.82) is 0 Å². The molecule has 7 nitrogen and oxygen atoms in total. The summed E-state index contributed by atoms with van der Waals surface area (Å²) in [6.45, 7) is 0.453. The second-order valence-electron chi connectivity index (χ2n) is 4.78. The van der Waals surface area contributed by atoms with Gasteiger partial charge in [-0.1, -0.05) is 41.4 Å². The molecule has 1 amide bonds. The molecular formula is C14H12Cl2N6O. The van der Waals surface area contributed by atoms with Gasteiger partial charge in [0.05, 0.1) is 17.8 Å². The summed E-state index contributed by atoms with van der Waals surface area (Å²) >= 11 is 12.0. The largest absolute Gasteiger partial charge is 0.288 e. The Balaban J connectivity index is 1.73. The van der Waals surface area contributed by atoms with Gasteiger partial charge in [-0.2, -0.15) is 5.10 Å². The number of halogens is 2. The van der Waals surface area contributed by atoms with E-state index in [0.29, 0.717) is 11.6 Å². The molecule has 0 atom stereocenters. The van der Waals surface area contributed by atoms with Gasteiger partial charge in [0.2, 0.25) is 5.95 Å². The van der Waals surface area contributed by atoms with Crippen molar-refractivity contribution in [3.63, 3.8) is 0 Å². The van der Waals surface area contributed by atoms with Crippen LogP contribution < -0.4 is 5.32 Å². The monoisotopic (exact) mass is 350 g/mol. The predicted octanol–water partition coefficient (Wildman–Crippen LogP) is 2.62. The van der Waals surface area contributed by atoms with Crippen molar-refractivity contribution in [2.75, 3.05) is 5.32 Å². The lowest BCUT2D eigenvalue weighted by Crippen LogP contribution is -2.17. The summed E-state index contributed by atoms with van der Waals surface area (Å²) in [5.74, 6) is -0.246. The molecule has 118 valence electrons. The third-order valence-electron chi connectivity index (χ3n) is 3.16. The topological polar surface area (TPSA) is 77.6 Å². The van der Waals surface area contributed by atoms with Gasteiger partial charge >= 0.3 is 0 Å². The predicted molar refractivity (Wildman–Crippen MR) is 86.7 cm³/mol. The van der Waals surface area contributed by atoms with Crippen LogP contribution in [0.15, 0.2) is 36.8 Å². The number of carbonyl (C=O) groups is 1. The SMILES string of the molecule is Cn1ncc(Cl)c1C(=O)Nc1ncn(Cc2ccccc2Cl)n1. The Bertz CT molecular complexity index is 837. The van der Waals surface area contributed by atoms with Gasteiger partial charge in [0.25, 0.3) is 5.91 Å². The van der Waals surface area contributed by atoms with E-state index in [-0.39, 0.29) is 16.7 Å². The van der Waals surface area contributed by atoms with E-state index >= 15 is 0 Å². The quantitative estimate of drug-likeness (QED) is 0.784. The van der Waals surface area contributed by atoms with E-state index in [4.69, 9.17) is 23.2 Å². The summed E-state index contributed by atoms with van der Waals surface area (Å²) in [5.41, 5.74) is 1.15. The first kappa shape index (κ1) is 15.5. The van der Waals surface area contributed by atoms with E-state index in [9.17, 15) is 4.79 Å². The van der Waals surface area contributed by atoms with Crippen LogP contribution in [0.3, 0.4) is 0 Å². The third kappa shape index (κ3) is 3.35. The summed E-state index contributed by atoms with van der Waals surface area (Å²) < 4.78 is 2.97. The highest BCUT2D eigenvalue weighted by Crippen LogP contribution is 2.17. The van der Waals surface area contributed by atoms with E-state index in [1.165, 1.54) is 17.2 Å². The van der Waals surface area contributed by atoms with Crippen molar-refractivity contribution in [3.05, 3.63) is 58.1 Å². The minimum absolute atomic E-state index is 0.180. The molecule has 0 spiro atoms. The second-order valence-corrected chi connectivity index (χ2v) is 5.59. The van der Waals surface area contributed by atoms with E-state index in [1.54, 1.807) is 17.8 Å². The van der Waals surface area contributed by atoms with Crippen molar-refractivity contribution < 1.29 is 4.79 Å². The van der Waals surface area contributed by atoms with Crippen molar-refractivity contribution >= 4 is 35.1 Å². The van der Waals surface area contributed by atoms with E-state index < -0.39 is 5.91 Å². The molecule has 0 aliphatic heterocycles. The van der Waals surface area contributed by atoms with E-state index in [1.807, 2.05) is 18.2 Å². The fraction of sp³-hybridized carbons (Fsp3) is 0.143. The number of hydrogen-bond donors (Lipinski definition) is 1. The van der Waals surface area contributed by atoms with Crippen LogP contribution >= 0.6 is 23.2 Å². The summed E-state index contributed by atoms with van der Waals surface area (Å²) in [4.78, 5) is 16.2. The minimum Gasteiger partial charge on any atom is -0.288 e. The molecule has 1 aromatic carbocycles. The maximum absolute atomic E-state index is 12.2. The van der Waals surface area contributed by atoms with Gasteiger partial charge in [0.15, 0.2) is 0 Å². The van der Waals surface area contributed by atoms with Crippen molar-refractivity contribution in [3.8, 4) is 0 Å². The fourth-order valence-corrected chi connectivity index (χ4v) is 2.50. The Morgan fingerprint density at radius 2 is 2.04 bits per heavy atom. The Hall–Kier alpha value is -2.38. The molecule has 9 heteroatoms. The molecule has 0 saturated carbocycles. The number of amides is 1. The first-order valence-corrected chi connectivity index (χ1v) is 7.42. The van der Waals surface area contributed by atoms with Gasteiger partial charge in [0.1, 0.15) is 12.0 Å². The Morgan fingerprint density at radius 1 is 1.26 bits per heavy atom. The van der Waals surface area contributed by atoms with Gasteiger partial charge in [0, 0.05) is 12.1 Å². The summed E-state index contributed by atoms with van der Waals surface area (Å²) in [6.07, 6.45) is 2.92. The van der Waals surface area contributed by atoms with E-state index in [2.05, 4.69) is 20.5 Å². The van der Waals surface area contributed by atoms with Crippen LogP contribution in [-0.2, 0) is 13.6 Å². The van der Waals surface area contributed by atoms with Crippen LogP contribution in [0.4, 0.5) is 5.95 Å².